The number of carbonyl (C=O) groups excluding carboxylic acids is 1. The lowest BCUT2D eigenvalue weighted by Gasteiger charge is -2.12. The third kappa shape index (κ3) is 4.59. The normalized spacial score (nSPS) is 22.7. The summed E-state index contributed by atoms with van der Waals surface area (Å²) < 4.78 is 16.7. The van der Waals surface area contributed by atoms with Crippen LogP contribution in [0.4, 0.5) is 0 Å². The van der Waals surface area contributed by atoms with E-state index in [-0.39, 0.29) is 12.0 Å². The van der Waals surface area contributed by atoms with Crippen molar-refractivity contribution < 1.29 is 19.0 Å². The summed E-state index contributed by atoms with van der Waals surface area (Å²) in [7, 11) is 0. The summed E-state index contributed by atoms with van der Waals surface area (Å²) in [5.41, 5.74) is 0.984. The molecule has 1 aromatic carbocycles. The van der Waals surface area contributed by atoms with Gasteiger partial charge in [-0.3, -0.25) is 4.79 Å². The SMILES string of the molecule is O=C(NCCCOC[C@@H]1CCCO1)[C@@H]1Cc2cc(Cl)ccc2O1. The zero-order valence-corrected chi connectivity index (χ0v) is 13.8. The van der Waals surface area contributed by atoms with Crippen molar-refractivity contribution in [2.75, 3.05) is 26.4 Å². The monoisotopic (exact) mass is 339 g/mol. The van der Waals surface area contributed by atoms with Gasteiger partial charge in [-0.2, -0.15) is 0 Å². The number of benzene rings is 1. The Labute approximate surface area is 141 Å². The zero-order chi connectivity index (χ0) is 16.1. The highest BCUT2D eigenvalue weighted by Crippen LogP contribution is 2.31. The summed E-state index contributed by atoms with van der Waals surface area (Å²) >= 11 is 5.95. The molecule has 2 aliphatic rings. The van der Waals surface area contributed by atoms with Crippen molar-refractivity contribution >= 4 is 17.5 Å². The molecule has 0 radical (unpaired) electrons. The van der Waals surface area contributed by atoms with Gasteiger partial charge in [-0.05, 0) is 43.0 Å². The lowest BCUT2D eigenvalue weighted by atomic mass is 10.1. The standard InChI is InChI=1S/C17H22ClNO4/c18-13-4-5-15-12(9-13)10-16(23-15)17(20)19-6-2-7-21-11-14-3-1-8-22-14/h4-5,9,14,16H,1-3,6-8,10-11H2,(H,19,20)/t14-,16-/m0/s1. The van der Waals surface area contributed by atoms with Crippen LogP contribution in [0.2, 0.25) is 5.02 Å². The highest BCUT2D eigenvalue weighted by Gasteiger charge is 2.28. The summed E-state index contributed by atoms with van der Waals surface area (Å²) in [4.78, 5) is 12.1. The Kier molecular flexibility index (Phi) is 5.75. The Morgan fingerprint density at radius 2 is 2.35 bits per heavy atom. The van der Waals surface area contributed by atoms with E-state index >= 15 is 0 Å². The molecule has 0 saturated carbocycles. The molecule has 2 heterocycles. The van der Waals surface area contributed by atoms with E-state index in [0.717, 1.165) is 37.2 Å². The van der Waals surface area contributed by atoms with Crippen LogP contribution < -0.4 is 10.1 Å². The van der Waals surface area contributed by atoms with Crippen LogP contribution >= 0.6 is 11.6 Å². The number of rotatable bonds is 7. The van der Waals surface area contributed by atoms with Crippen molar-refractivity contribution in [3.05, 3.63) is 28.8 Å². The molecule has 1 N–H and O–H groups in total. The first-order valence-electron chi connectivity index (χ1n) is 8.14. The summed E-state index contributed by atoms with van der Waals surface area (Å²) in [6.45, 7) is 2.71. The van der Waals surface area contributed by atoms with Crippen LogP contribution in [0, 0.1) is 0 Å². The van der Waals surface area contributed by atoms with E-state index in [1.807, 2.05) is 12.1 Å². The molecule has 0 bridgehead atoms. The maximum atomic E-state index is 12.1. The van der Waals surface area contributed by atoms with E-state index in [9.17, 15) is 4.79 Å². The molecule has 0 aliphatic carbocycles. The second-order valence-corrected chi connectivity index (χ2v) is 6.35. The summed E-state index contributed by atoms with van der Waals surface area (Å²) in [5.74, 6) is 0.658. The van der Waals surface area contributed by atoms with Gasteiger partial charge in [0.25, 0.3) is 5.91 Å². The van der Waals surface area contributed by atoms with Crippen LogP contribution in [0.15, 0.2) is 18.2 Å². The molecule has 1 saturated heterocycles. The smallest absolute Gasteiger partial charge is 0.261 e. The minimum Gasteiger partial charge on any atom is -0.480 e. The predicted octanol–water partition coefficient (Wildman–Crippen LogP) is 2.35. The molecule has 0 aromatic heterocycles. The van der Waals surface area contributed by atoms with E-state index in [2.05, 4.69) is 5.32 Å². The lowest BCUT2D eigenvalue weighted by Crippen LogP contribution is -2.38. The van der Waals surface area contributed by atoms with Crippen LogP contribution in [0.5, 0.6) is 5.75 Å². The number of ether oxygens (including phenoxy) is 3. The number of nitrogens with one attached hydrogen (secondary N) is 1. The van der Waals surface area contributed by atoms with Gasteiger partial charge in [0.1, 0.15) is 5.75 Å². The summed E-state index contributed by atoms with van der Waals surface area (Å²) in [6, 6.07) is 5.43. The second-order valence-electron chi connectivity index (χ2n) is 5.92. The molecule has 5 nitrogen and oxygen atoms in total. The molecule has 126 valence electrons. The maximum absolute atomic E-state index is 12.1. The Morgan fingerprint density at radius 3 is 3.17 bits per heavy atom. The average molecular weight is 340 g/mol. The van der Waals surface area contributed by atoms with E-state index in [1.54, 1.807) is 6.07 Å². The Morgan fingerprint density at radius 1 is 1.43 bits per heavy atom. The molecule has 0 spiro atoms. The lowest BCUT2D eigenvalue weighted by molar-refractivity contribution is -0.127. The molecule has 3 rings (SSSR count). The van der Waals surface area contributed by atoms with Gasteiger partial charge < -0.3 is 19.5 Å². The average Bonchev–Trinajstić information content (AvgIpc) is 3.19. The van der Waals surface area contributed by atoms with Crippen LogP contribution in [0.3, 0.4) is 0 Å². The third-order valence-corrected chi connectivity index (χ3v) is 4.32. The van der Waals surface area contributed by atoms with Gasteiger partial charge in [-0.25, -0.2) is 0 Å². The van der Waals surface area contributed by atoms with Gasteiger partial charge in [-0.15, -0.1) is 0 Å². The Bertz CT molecular complexity index is 545. The molecule has 2 aliphatic heterocycles. The number of halogens is 1. The topological polar surface area (TPSA) is 56.8 Å². The molecular weight excluding hydrogens is 318 g/mol. The van der Waals surface area contributed by atoms with Crippen LogP contribution in [0.25, 0.3) is 0 Å². The van der Waals surface area contributed by atoms with E-state index in [0.29, 0.717) is 31.2 Å². The molecule has 0 unspecified atom stereocenters. The molecule has 6 heteroatoms. The van der Waals surface area contributed by atoms with Crippen molar-refractivity contribution in [3.8, 4) is 5.75 Å². The molecule has 1 aromatic rings. The quantitative estimate of drug-likeness (QED) is 0.775. The number of carbonyl (C=O) groups is 1. The van der Waals surface area contributed by atoms with Gasteiger partial charge in [0.2, 0.25) is 0 Å². The first-order valence-corrected chi connectivity index (χ1v) is 8.52. The van der Waals surface area contributed by atoms with E-state index in [1.165, 1.54) is 0 Å². The van der Waals surface area contributed by atoms with Gasteiger partial charge in [-0.1, -0.05) is 11.6 Å². The minimum absolute atomic E-state index is 0.0866. The fourth-order valence-electron chi connectivity index (χ4n) is 2.85. The van der Waals surface area contributed by atoms with Crippen molar-refractivity contribution in [1.82, 2.24) is 5.32 Å². The molecule has 2 atom stereocenters. The first-order chi connectivity index (χ1) is 11.2. The number of fused-ring (bicyclic) bond motifs is 1. The molecule has 23 heavy (non-hydrogen) atoms. The van der Waals surface area contributed by atoms with E-state index < -0.39 is 6.10 Å². The highest BCUT2D eigenvalue weighted by atomic mass is 35.5. The maximum Gasteiger partial charge on any atom is 0.261 e. The highest BCUT2D eigenvalue weighted by molar-refractivity contribution is 6.30. The Balaban J connectivity index is 1.30. The van der Waals surface area contributed by atoms with Gasteiger partial charge in [0.05, 0.1) is 12.7 Å². The predicted molar refractivity (Wildman–Crippen MR) is 87.0 cm³/mol. The van der Waals surface area contributed by atoms with Crippen LogP contribution in [0.1, 0.15) is 24.8 Å². The van der Waals surface area contributed by atoms with Crippen molar-refractivity contribution in [3.63, 3.8) is 0 Å². The number of hydrogen-bond donors (Lipinski definition) is 1. The zero-order valence-electron chi connectivity index (χ0n) is 13.1. The van der Waals surface area contributed by atoms with E-state index in [4.69, 9.17) is 25.8 Å². The number of amides is 1. The molecule has 1 fully saturated rings. The minimum atomic E-state index is -0.462. The first kappa shape index (κ1) is 16.6. The van der Waals surface area contributed by atoms with Crippen LogP contribution in [-0.4, -0.2) is 44.5 Å². The largest absolute Gasteiger partial charge is 0.480 e. The fourth-order valence-corrected chi connectivity index (χ4v) is 3.05. The third-order valence-electron chi connectivity index (χ3n) is 4.08. The summed E-state index contributed by atoms with van der Waals surface area (Å²) in [5, 5.41) is 3.56. The fraction of sp³-hybridized carbons (Fsp3) is 0.588. The summed E-state index contributed by atoms with van der Waals surface area (Å²) in [6.07, 6.45) is 3.35. The van der Waals surface area contributed by atoms with Gasteiger partial charge in [0.15, 0.2) is 6.10 Å². The van der Waals surface area contributed by atoms with Crippen LogP contribution in [-0.2, 0) is 20.7 Å². The Hall–Kier alpha value is -1.30. The van der Waals surface area contributed by atoms with Crippen molar-refractivity contribution in [1.29, 1.82) is 0 Å². The van der Waals surface area contributed by atoms with Crippen molar-refractivity contribution in [2.45, 2.75) is 37.9 Å². The van der Waals surface area contributed by atoms with Gasteiger partial charge in [0, 0.05) is 31.2 Å². The molecular formula is C17H22ClNO4. The molecule has 1 amide bonds. The van der Waals surface area contributed by atoms with Gasteiger partial charge >= 0.3 is 0 Å². The van der Waals surface area contributed by atoms with Crippen molar-refractivity contribution in [2.24, 2.45) is 0 Å². The second kappa shape index (κ2) is 7.99. The number of hydrogen-bond acceptors (Lipinski definition) is 4.